The second-order valence-electron chi connectivity index (χ2n) is 5.90. The largest absolute Gasteiger partial charge is 0.394 e. The Hall–Kier alpha value is -0.580. The maximum absolute atomic E-state index is 9.53. The zero-order valence-electron chi connectivity index (χ0n) is 11.8. The van der Waals surface area contributed by atoms with Crippen molar-refractivity contribution >= 4 is 11.6 Å². The molecule has 0 spiro atoms. The van der Waals surface area contributed by atoms with E-state index in [2.05, 4.69) is 17.3 Å². The van der Waals surface area contributed by atoms with E-state index in [9.17, 15) is 5.11 Å². The molecule has 2 N–H and O–H groups in total. The molecule has 4 nitrogen and oxygen atoms in total. The van der Waals surface area contributed by atoms with Crippen LogP contribution in [0.25, 0.3) is 0 Å². The van der Waals surface area contributed by atoms with Crippen molar-refractivity contribution in [1.82, 2.24) is 15.1 Å². The summed E-state index contributed by atoms with van der Waals surface area (Å²) >= 11 is 5.98. The van der Waals surface area contributed by atoms with Gasteiger partial charge in [0.2, 0.25) is 0 Å². The Labute approximate surface area is 120 Å². The van der Waals surface area contributed by atoms with Crippen molar-refractivity contribution in [3.05, 3.63) is 16.9 Å². The lowest BCUT2D eigenvalue weighted by molar-refractivity contribution is 0.160. The van der Waals surface area contributed by atoms with Crippen molar-refractivity contribution in [2.24, 2.45) is 0 Å². The minimum Gasteiger partial charge on any atom is -0.394 e. The molecule has 108 valence electrons. The van der Waals surface area contributed by atoms with Crippen molar-refractivity contribution in [3.8, 4) is 0 Å². The summed E-state index contributed by atoms with van der Waals surface area (Å²) < 4.78 is 1.95. The highest BCUT2D eigenvalue weighted by Crippen LogP contribution is 2.25. The van der Waals surface area contributed by atoms with Gasteiger partial charge in [-0.2, -0.15) is 5.10 Å². The first kappa shape index (κ1) is 14.8. The maximum atomic E-state index is 9.53. The van der Waals surface area contributed by atoms with Crippen molar-refractivity contribution in [2.75, 3.05) is 6.61 Å². The number of rotatable bonds is 8. The van der Waals surface area contributed by atoms with Crippen molar-refractivity contribution in [3.63, 3.8) is 0 Å². The van der Waals surface area contributed by atoms with Crippen LogP contribution in [0.1, 0.15) is 44.7 Å². The third-order valence-electron chi connectivity index (χ3n) is 3.87. The third-order valence-corrected chi connectivity index (χ3v) is 4.24. The number of aromatic nitrogens is 2. The van der Waals surface area contributed by atoms with E-state index in [-0.39, 0.29) is 12.1 Å². The number of nitrogens with one attached hydrogen (secondary N) is 1. The van der Waals surface area contributed by atoms with Gasteiger partial charge in [-0.3, -0.25) is 4.68 Å². The van der Waals surface area contributed by atoms with Gasteiger partial charge in [0.05, 0.1) is 23.5 Å². The molecule has 0 saturated heterocycles. The van der Waals surface area contributed by atoms with Gasteiger partial charge < -0.3 is 10.4 Å². The van der Waals surface area contributed by atoms with Crippen LogP contribution in [0.15, 0.2) is 6.20 Å². The lowest BCUT2D eigenvalue weighted by atomic mass is 9.95. The van der Waals surface area contributed by atoms with E-state index in [1.165, 1.54) is 12.8 Å². The van der Waals surface area contributed by atoms with Gasteiger partial charge in [-0.1, -0.05) is 11.6 Å². The number of hydrogen-bond donors (Lipinski definition) is 2. The summed E-state index contributed by atoms with van der Waals surface area (Å²) in [5.41, 5.74) is 0.903. The highest BCUT2D eigenvalue weighted by atomic mass is 35.5. The average Bonchev–Trinajstić information content (AvgIpc) is 3.14. The maximum Gasteiger partial charge on any atom is 0.0814 e. The number of halogens is 1. The number of hydrogen-bond acceptors (Lipinski definition) is 3. The van der Waals surface area contributed by atoms with Gasteiger partial charge in [-0.05, 0) is 46.0 Å². The zero-order valence-corrected chi connectivity index (χ0v) is 12.6. The molecule has 0 aliphatic heterocycles. The molecule has 1 aliphatic rings. The zero-order chi connectivity index (χ0) is 13.9. The van der Waals surface area contributed by atoms with Crippen LogP contribution in [0.2, 0.25) is 5.02 Å². The molecule has 1 heterocycles. The normalized spacial score (nSPS) is 18.5. The Morgan fingerprint density at radius 3 is 2.79 bits per heavy atom. The number of nitrogens with zero attached hydrogens (tertiary/aromatic N) is 2. The first-order chi connectivity index (χ1) is 9.04. The fourth-order valence-corrected chi connectivity index (χ4v) is 2.48. The van der Waals surface area contributed by atoms with Crippen LogP contribution in [0, 0.1) is 6.92 Å². The Morgan fingerprint density at radius 2 is 2.26 bits per heavy atom. The third kappa shape index (κ3) is 4.20. The first-order valence-electron chi connectivity index (χ1n) is 7.10. The fourth-order valence-electron chi connectivity index (χ4n) is 2.34. The highest BCUT2D eigenvalue weighted by molar-refractivity contribution is 6.31. The van der Waals surface area contributed by atoms with Crippen LogP contribution in [0.3, 0.4) is 0 Å². The molecular weight excluding hydrogens is 262 g/mol. The van der Waals surface area contributed by atoms with E-state index >= 15 is 0 Å². The van der Waals surface area contributed by atoms with Gasteiger partial charge in [-0.15, -0.1) is 0 Å². The molecule has 0 bridgehead atoms. The summed E-state index contributed by atoms with van der Waals surface area (Å²) in [6, 6.07) is 0.629. The quantitative estimate of drug-likeness (QED) is 0.722. The first-order valence-corrected chi connectivity index (χ1v) is 7.48. The van der Waals surface area contributed by atoms with Crippen LogP contribution in [-0.4, -0.2) is 33.1 Å². The number of aliphatic hydroxyl groups is 1. The predicted octanol–water partition coefficient (Wildman–Crippen LogP) is 2.52. The summed E-state index contributed by atoms with van der Waals surface area (Å²) in [6.45, 7) is 5.20. The van der Waals surface area contributed by atoms with Crippen LogP contribution < -0.4 is 5.32 Å². The topological polar surface area (TPSA) is 50.1 Å². The highest BCUT2D eigenvalue weighted by Gasteiger charge is 2.31. The summed E-state index contributed by atoms with van der Waals surface area (Å²) in [5.74, 6) is 0. The van der Waals surface area contributed by atoms with Gasteiger partial charge in [0.15, 0.2) is 0 Å². The minimum atomic E-state index is -0.127. The number of aliphatic hydroxyl groups excluding tert-OH is 1. The molecule has 2 rings (SSSR count). The Morgan fingerprint density at radius 1 is 1.53 bits per heavy atom. The smallest absolute Gasteiger partial charge is 0.0814 e. The Kier molecular flexibility index (Phi) is 4.87. The van der Waals surface area contributed by atoms with E-state index < -0.39 is 0 Å². The standard InChI is InChI=1S/C14H24ClN3O/c1-11-13(15)9-16-18(11)8-4-3-7-14(2,10-19)17-12-5-6-12/h9,12,17,19H,3-8,10H2,1-2H3. The molecule has 1 saturated carbocycles. The molecule has 1 fully saturated rings. The SMILES string of the molecule is Cc1c(Cl)cnn1CCCCC(C)(CO)NC1CC1. The van der Waals surface area contributed by atoms with Crippen molar-refractivity contribution < 1.29 is 5.11 Å². The molecule has 0 aromatic carbocycles. The van der Waals surface area contributed by atoms with Gasteiger partial charge >= 0.3 is 0 Å². The van der Waals surface area contributed by atoms with Crippen LogP contribution >= 0.6 is 11.6 Å². The minimum absolute atomic E-state index is 0.127. The van der Waals surface area contributed by atoms with Crippen LogP contribution in [0.4, 0.5) is 0 Å². The Balaban J connectivity index is 1.71. The summed E-state index contributed by atoms with van der Waals surface area (Å²) in [6.07, 6.45) is 7.33. The van der Waals surface area contributed by atoms with E-state index in [0.29, 0.717) is 6.04 Å². The van der Waals surface area contributed by atoms with E-state index in [1.807, 2.05) is 11.6 Å². The number of aryl methyl sites for hydroxylation is 1. The molecule has 1 aromatic rings. The molecule has 0 amide bonds. The molecule has 5 heteroatoms. The molecule has 1 atom stereocenters. The van der Waals surface area contributed by atoms with E-state index in [1.54, 1.807) is 6.20 Å². The van der Waals surface area contributed by atoms with Crippen LogP contribution in [-0.2, 0) is 6.54 Å². The van der Waals surface area contributed by atoms with E-state index in [0.717, 1.165) is 36.5 Å². The predicted molar refractivity (Wildman–Crippen MR) is 77.5 cm³/mol. The monoisotopic (exact) mass is 285 g/mol. The number of unbranched alkanes of at least 4 members (excludes halogenated alkanes) is 1. The lowest BCUT2D eigenvalue weighted by Gasteiger charge is -2.29. The lowest BCUT2D eigenvalue weighted by Crippen LogP contribution is -2.46. The summed E-state index contributed by atoms with van der Waals surface area (Å²) in [5, 5.41) is 18.0. The molecule has 1 aliphatic carbocycles. The fraction of sp³-hybridized carbons (Fsp3) is 0.786. The van der Waals surface area contributed by atoms with E-state index in [4.69, 9.17) is 11.6 Å². The summed E-state index contributed by atoms with van der Waals surface area (Å²) in [7, 11) is 0. The van der Waals surface area contributed by atoms with Gasteiger partial charge in [0.25, 0.3) is 0 Å². The van der Waals surface area contributed by atoms with Gasteiger partial charge in [0, 0.05) is 18.1 Å². The molecule has 1 aromatic heterocycles. The van der Waals surface area contributed by atoms with Crippen molar-refractivity contribution in [1.29, 1.82) is 0 Å². The molecule has 19 heavy (non-hydrogen) atoms. The molecule has 1 unspecified atom stereocenters. The molecule has 0 radical (unpaired) electrons. The van der Waals surface area contributed by atoms with Crippen LogP contribution in [0.5, 0.6) is 0 Å². The Bertz CT molecular complexity index is 417. The summed E-state index contributed by atoms with van der Waals surface area (Å²) in [4.78, 5) is 0. The average molecular weight is 286 g/mol. The van der Waals surface area contributed by atoms with Crippen molar-refractivity contribution in [2.45, 2.75) is 64.1 Å². The van der Waals surface area contributed by atoms with Gasteiger partial charge in [0.1, 0.15) is 0 Å². The van der Waals surface area contributed by atoms with Gasteiger partial charge in [-0.25, -0.2) is 0 Å². The second kappa shape index (κ2) is 6.25. The molecular formula is C14H24ClN3O. The second-order valence-corrected chi connectivity index (χ2v) is 6.30.